The lowest BCUT2D eigenvalue weighted by atomic mass is 9.89. The number of aryl methyl sites for hydroxylation is 2. The molecule has 1 saturated heterocycles. The van der Waals surface area contributed by atoms with E-state index in [9.17, 15) is 0 Å². The molecule has 0 aliphatic carbocycles. The lowest BCUT2D eigenvalue weighted by molar-refractivity contribution is 0.0772. The highest BCUT2D eigenvalue weighted by molar-refractivity contribution is 6.31. The van der Waals surface area contributed by atoms with Gasteiger partial charge in [0.05, 0.1) is 22.5 Å². The van der Waals surface area contributed by atoms with Gasteiger partial charge in [-0.25, -0.2) is 0 Å². The molecule has 1 fully saturated rings. The number of aromatic nitrogens is 2. The van der Waals surface area contributed by atoms with Crippen LogP contribution >= 0.6 is 11.6 Å². The van der Waals surface area contributed by atoms with Gasteiger partial charge < -0.3 is 4.74 Å². The molecule has 1 aromatic heterocycles. The van der Waals surface area contributed by atoms with Crippen molar-refractivity contribution in [2.45, 2.75) is 58.7 Å². The zero-order chi connectivity index (χ0) is 14.7. The van der Waals surface area contributed by atoms with Gasteiger partial charge in [0.1, 0.15) is 0 Å². The number of hydrogen-bond acceptors (Lipinski definition) is 4. The van der Waals surface area contributed by atoms with Crippen molar-refractivity contribution in [1.29, 1.82) is 0 Å². The summed E-state index contributed by atoms with van der Waals surface area (Å²) in [6.45, 7) is 7.81. The topological polar surface area (TPSA) is 65.1 Å². The predicted molar refractivity (Wildman–Crippen MR) is 80.6 cm³/mol. The van der Waals surface area contributed by atoms with Crippen molar-refractivity contribution in [2.75, 3.05) is 6.61 Å². The minimum atomic E-state index is 0.168. The van der Waals surface area contributed by atoms with Crippen LogP contribution in [0.2, 0.25) is 5.02 Å². The van der Waals surface area contributed by atoms with Crippen molar-refractivity contribution in [2.24, 2.45) is 11.8 Å². The second-order valence-corrected chi connectivity index (χ2v) is 5.79. The fourth-order valence-electron chi connectivity index (χ4n) is 3.15. The van der Waals surface area contributed by atoms with Crippen LogP contribution in [-0.4, -0.2) is 28.5 Å². The van der Waals surface area contributed by atoms with Gasteiger partial charge in [-0.2, -0.15) is 5.10 Å². The summed E-state index contributed by atoms with van der Waals surface area (Å²) in [6.07, 6.45) is 3.13. The largest absolute Gasteiger partial charge is 0.378 e. The Morgan fingerprint density at radius 1 is 1.55 bits per heavy atom. The number of hydrazine groups is 1. The van der Waals surface area contributed by atoms with E-state index in [0.717, 1.165) is 48.8 Å². The Morgan fingerprint density at radius 3 is 2.90 bits per heavy atom. The summed E-state index contributed by atoms with van der Waals surface area (Å²) in [5.74, 6) is 6.22. The molecule has 0 aromatic carbocycles. The van der Waals surface area contributed by atoms with Gasteiger partial charge >= 0.3 is 0 Å². The summed E-state index contributed by atoms with van der Waals surface area (Å²) in [7, 11) is 0. The molecule has 1 aliphatic heterocycles. The maximum absolute atomic E-state index is 6.39. The van der Waals surface area contributed by atoms with E-state index in [4.69, 9.17) is 22.2 Å². The summed E-state index contributed by atoms with van der Waals surface area (Å²) in [5.41, 5.74) is 4.91. The van der Waals surface area contributed by atoms with Gasteiger partial charge in [-0.3, -0.25) is 16.0 Å². The number of ether oxygens (including phenoxy) is 1. The molecule has 1 aromatic rings. The highest BCUT2D eigenvalue weighted by Crippen LogP contribution is 2.30. The Morgan fingerprint density at radius 2 is 2.30 bits per heavy atom. The third-order valence-corrected chi connectivity index (χ3v) is 4.75. The molecule has 1 aliphatic rings. The SMILES string of the molecule is CCC1OCCC1C(Cc1c(Cl)c(C)nn1CC)NN. The Bertz CT molecular complexity index is 449. The van der Waals surface area contributed by atoms with Gasteiger partial charge in [0.25, 0.3) is 0 Å². The minimum absolute atomic E-state index is 0.168. The van der Waals surface area contributed by atoms with E-state index in [1.807, 2.05) is 11.6 Å². The van der Waals surface area contributed by atoms with Crippen molar-refractivity contribution < 1.29 is 4.74 Å². The van der Waals surface area contributed by atoms with E-state index in [0.29, 0.717) is 5.92 Å². The molecule has 0 saturated carbocycles. The molecule has 20 heavy (non-hydrogen) atoms. The first-order valence-electron chi connectivity index (χ1n) is 7.41. The smallest absolute Gasteiger partial charge is 0.0847 e. The van der Waals surface area contributed by atoms with Gasteiger partial charge in [0.15, 0.2) is 0 Å². The predicted octanol–water partition coefficient (Wildman–Crippen LogP) is 2.05. The van der Waals surface area contributed by atoms with Crippen molar-refractivity contribution >= 4 is 11.6 Å². The molecule has 0 amide bonds. The van der Waals surface area contributed by atoms with Gasteiger partial charge in [0.2, 0.25) is 0 Å². The maximum atomic E-state index is 6.39. The Balaban J connectivity index is 2.18. The second kappa shape index (κ2) is 6.89. The number of hydrogen-bond donors (Lipinski definition) is 2. The van der Waals surface area contributed by atoms with Crippen LogP contribution in [0.1, 0.15) is 38.1 Å². The first-order valence-corrected chi connectivity index (χ1v) is 7.79. The quantitative estimate of drug-likeness (QED) is 0.623. The molecule has 3 unspecified atom stereocenters. The van der Waals surface area contributed by atoms with E-state index >= 15 is 0 Å². The number of nitrogens with one attached hydrogen (secondary N) is 1. The van der Waals surface area contributed by atoms with Crippen LogP contribution in [0.25, 0.3) is 0 Å². The fraction of sp³-hybridized carbons (Fsp3) is 0.786. The zero-order valence-electron chi connectivity index (χ0n) is 12.5. The highest BCUT2D eigenvalue weighted by Gasteiger charge is 2.34. The Kier molecular flexibility index (Phi) is 5.43. The molecule has 114 valence electrons. The molecule has 6 heteroatoms. The van der Waals surface area contributed by atoms with Crippen molar-refractivity contribution in [3.05, 3.63) is 16.4 Å². The average Bonchev–Trinajstić information content (AvgIpc) is 3.03. The van der Waals surface area contributed by atoms with E-state index in [1.54, 1.807) is 0 Å². The lowest BCUT2D eigenvalue weighted by Crippen LogP contribution is -2.45. The molecule has 5 nitrogen and oxygen atoms in total. The van der Waals surface area contributed by atoms with Crippen molar-refractivity contribution in [3.8, 4) is 0 Å². The second-order valence-electron chi connectivity index (χ2n) is 5.41. The number of rotatable bonds is 6. The molecule has 0 bridgehead atoms. The summed E-state index contributed by atoms with van der Waals surface area (Å²) in [5, 5.41) is 5.23. The Labute approximate surface area is 125 Å². The number of nitrogens with two attached hydrogens (primary N) is 1. The van der Waals surface area contributed by atoms with Gasteiger partial charge in [-0.1, -0.05) is 18.5 Å². The number of nitrogens with zero attached hydrogens (tertiary/aromatic N) is 2. The van der Waals surface area contributed by atoms with Crippen LogP contribution in [0.3, 0.4) is 0 Å². The first-order chi connectivity index (χ1) is 9.62. The highest BCUT2D eigenvalue weighted by atomic mass is 35.5. The summed E-state index contributed by atoms with van der Waals surface area (Å²) in [6, 6.07) is 0.168. The van der Waals surface area contributed by atoms with Gasteiger partial charge in [0, 0.05) is 31.5 Å². The molecular weight excluding hydrogens is 276 g/mol. The third kappa shape index (κ3) is 3.01. The van der Waals surface area contributed by atoms with Crippen molar-refractivity contribution in [1.82, 2.24) is 15.2 Å². The average molecular weight is 301 g/mol. The molecule has 3 N–H and O–H groups in total. The first kappa shape index (κ1) is 15.8. The minimum Gasteiger partial charge on any atom is -0.378 e. The summed E-state index contributed by atoms with van der Waals surface area (Å²) in [4.78, 5) is 0. The fourth-order valence-corrected chi connectivity index (χ4v) is 3.36. The zero-order valence-corrected chi connectivity index (χ0v) is 13.3. The van der Waals surface area contributed by atoms with Crippen LogP contribution in [0.5, 0.6) is 0 Å². The van der Waals surface area contributed by atoms with E-state index in [-0.39, 0.29) is 12.1 Å². The van der Waals surface area contributed by atoms with E-state index in [1.165, 1.54) is 0 Å². The van der Waals surface area contributed by atoms with Crippen LogP contribution in [0.4, 0.5) is 0 Å². The molecular formula is C14H25ClN4O. The summed E-state index contributed by atoms with van der Waals surface area (Å²) < 4.78 is 7.75. The molecule has 0 spiro atoms. The van der Waals surface area contributed by atoms with Gasteiger partial charge in [-0.05, 0) is 26.7 Å². The standard InChI is InChI=1S/C14H25ClN4O/c1-4-13-10(6-7-20-13)11(17-16)8-12-14(15)9(3)18-19(12)5-2/h10-11,13,17H,4-8,16H2,1-3H3. The van der Waals surface area contributed by atoms with E-state index < -0.39 is 0 Å². The summed E-state index contributed by atoms with van der Waals surface area (Å²) >= 11 is 6.39. The third-order valence-electron chi connectivity index (χ3n) is 4.26. The van der Waals surface area contributed by atoms with Crippen LogP contribution in [-0.2, 0) is 17.7 Å². The Hall–Kier alpha value is -0.620. The normalized spacial score (nSPS) is 24.2. The lowest BCUT2D eigenvalue weighted by Gasteiger charge is -2.26. The number of halogens is 1. The molecule has 3 atom stereocenters. The monoisotopic (exact) mass is 300 g/mol. The molecule has 2 heterocycles. The molecule has 2 rings (SSSR count). The van der Waals surface area contributed by atoms with Crippen LogP contribution in [0, 0.1) is 12.8 Å². The maximum Gasteiger partial charge on any atom is 0.0847 e. The van der Waals surface area contributed by atoms with Crippen molar-refractivity contribution in [3.63, 3.8) is 0 Å². The van der Waals surface area contributed by atoms with E-state index in [2.05, 4.69) is 24.4 Å². The van der Waals surface area contributed by atoms with Gasteiger partial charge in [-0.15, -0.1) is 0 Å². The molecule has 0 radical (unpaired) electrons. The van der Waals surface area contributed by atoms with Crippen LogP contribution in [0.15, 0.2) is 0 Å². The van der Waals surface area contributed by atoms with Crippen LogP contribution < -0.4 is 11.3 Å².